The van der Waals surface area contributed by atoms with Gasteiger partial charge in [-0.15, -0.1) is 0 Å². The van der Waals surface area contributed by atoms with Crippen LogP contribution in [0.4, 0.5) is 5.69 Å². The van der Waals surface area contributed by atoms with Gasteiger partial charge in [-0.1, -0.05) is 146 Å². The van der Waals surface area contributed by atoms with Gasteiger partial charge in [-0.25, -0.2) is 19.8 Å². The number of hydrogen-bond acceptors (Lipinski definition) is 4. The predicted octanol–water partition coefficient (Wildman–Crippen LogP) is 14.1. The minimum Gasteiger partial charge on any atom is -0.456 e. The Bertz CT molecular complexity index is 3420. The Kier molecular flexibility index (Phi) is 7.48. The Morgan fingerprint density at radius 3 is 1.49 bits per heavy atom. The topological polar surface area (TPSA) is 56.2 Å². The Morgan fingerprint density at radius 2 is 0.825 bits per heavy atom. The molecule has 5 nitrogen and oxygen atoms in total. The minimum absolute atomic E-state index is 0.578. The molecule has 0 N–H and O–H groups in total. The average molecular weight is 727 g/mol. The van der Waals surface area contributed by atoms with Gasteiger partial charge in [0, 0.05) is 27.5 Å². The number of nitrogens with zero attached hydrogens (tertiary/aromatic N) is 4. The van der Waals surface area contributed by atoms with Crippen molar-refractivity contribution in [2.45, 2.75) is 0 Å². The normalized spacial score (nSPS) is 11.5. The second-order valence-electron chi connectivity index (χ2n) is 14.3. The quantitative estimate of drug-likeness (QED) is 0.131. The molecular formula is C52H30N4O. The lowest BCUT2D eigenvalue weighted by molar-refractivity contribution is 0.669. The molecule has 2 heterocycles. The lowest BCUT2D eigenvalue weighted by Crippen LogP contribution is -2.00. The molecule has 5 heteroatoms. The molecule has 264 valence electrons. The highest BCUT2D eigenvalue weighted by Gasteiger charge is 2.18. The number of hydrogen-bond donors (Lipinski definition) is 0. The highest BCUT2D eigenvalue weighted by Crippen LogP contribution is 2.42. The molecule has 0 radical (unpaired) electrons. The first-order valence-corrected chi connectivity index (χ1v) is 18.9. The molecule has 0 aliphatic carbocycles. The van der Waals surface area contributed by atoms with Crippen molar-refractivity contribution in [3.63, 3.8) is 0 Å². The molecule has 11 aromatic rings. The predicted molar refractivity (Wildman–Crippen MR) is 233 cm³/mol. The van der Waals surface area contributed by atoms with Crippen LogP contribution in [0.3, 0.4) is 0 Å². The van der Waals surface area contributed by atoms with Crippen LogP contribution in [0.1, 0.15) is 0 Å². The Balaban J connectivity index is 1.09. The van der Waals surface area contributed by atoms with Crippen molar-refractivity contribution in [1.29, 1.82) is 0 Å². The molecule has 2 aromatic heterocycles. The molecule has 57 heavy (non-hydrogen) atoms. The van der Waals surface area contributed by atoms with E-state index < -0.39 is 0 Å². The smallest absolute Gasteiger partial charge is 0.187 e. The zero-order chi connectivity index (χ0) is 37.9. The third-order valence-electron chi connectivity index (χ3n) is 10.9. The number of para-hydroxylation sites is 1. The Morgan fingerprint density at radius 1 is 0.333 bits per heavy atom. The third-order valence-corrected chi connectivity index (χ3v) is 10.9. The van der Waals surface area contributed by atoms with Crippen molar-refractivity contribution < 1.29 is 4.42 Å². The molecule has 0 amide bonds. The van der Waals surface area contributed by atoms with Crippen LogP contribution in [-0.4, -0.2) is 15.0 Å². The lowest BCUT2D eigenvalue weighted by atomic mass is 9.87. The molecule has 0 aliphatic rings. The molecule has 0 fully saturated rings. The van der Waals surface area contributed by atoms with Crippen molar-refractivity contribution in [2.24, 2.45) is 0 Å². The fourth-order valence-corrected chi connectivity index (χ4v) is 8.19. The number of benzene rings is 9. The van der Waals surface area contributed by atoms with E-state index in [9.17, 15) is 0 Å². The first kappa shape index (κ1) is 32.5. The van der Waals surface area contributed by atoms with E-state index in [-0.39, 0.29) is 0 Å². The number of rotatable bonds is 5. The molecule has 0 bridgehead atoms. The second-order valence-corrected chi connectivity index (χ2v) is 14.3. The van der Waals surface area contributed by atoms with E-state index in [0.29, 0.717) is 23.2 Å². The number of furan rings is 1. The van der Waals surface area contributed by atoms with E-state index in [0.717, 1.165) is 66.3 Å². The zero-order valence-electron chi connectivity index (χ0n) is 30.5. The van der Waals surface area contributed by atoms with Crippen molar-refractivity contribution in [3.8, 4) is 56.4 Å². The second kappa shape index (κ2) is 13.1. The maximum absolute atomic E-state index is 7.44. The van der Waals surface area contributed by atoms with Gasteiger partial charge in [0.25, 0.3) is 0 Å². The van der Waals surface area contributed by atoms with Crippen LogP contribution in [0, 0.1) is 6.57 Å². The SMILES string of the molecule is [C-]#[N+]c1ccc(-c2cc3c4ccccc4c(-c4cccc(-c5nc(-c6ccccc6)nc(-c6ccc7c(c6)oc6ccccc67)n5)c4)cc3c3ccccc23)cc1. The Labute approximate surface area is 328 Å². The zero-order valence-corrected chi connectivity index (χ0v) is 30.5. The van der Waals surface area contributed by atoms with Crippen LogP contribution in [0.15, 0.2) is 186 Å². The first-order chi connectivity index (χ1) is 28.2. The van der Waals surface area contributed by atoms with E-state index in [1.54, 1.807) is 0 Å². The fraction of sp³-hybridized carbons (Fsp3) is 0. The molecule has 0 saturated carbocycles. The van der Waals surface area contributed by atoms with Crippen molar-refractivity contribution in [1.82, 2.24) is 15.0 Å². The van der Waals surface area contributed by atoms with Crippen LogP contribution in [0.25, 0.3) is 116 Å². The van der Waals surface area contributed by atoms with Gasteiger partial charge < -0.3 is 4.42 Å². The average Bonchev–Trinajstić information content (AvgIpc) is 3.67. The summed E-state index contributed by atoms with van der Waals surface area (Å²) < 4.78 is 6.26. The number of fused-ring (bicyclic) bond motifs is 8. The van der Waals surface area contributed by atoms with Crippen LogP contribution in [-0.2, 0) is 0 Å². The van der Waals surface area contributed by atoms with Crippen LogP contribution in [0.5, 0.6) is 0 Å². The molecule has 0 spiro atoms. The first-order valence-electron chi connectivity index (χ1n) is 18.9. The highest BCUT2D eigenvalue weighted by molar-refractivity contribution is 6.24. The lowest BCUT2D eigenvalue weighted by Gasteiger charge is -2.16. The van der Waals surface area contributed by atoms with Gasteiger partial charge in [0.05, 0.1) is 6.57 Å². The molecule has 11 rings (SSSR count). The van der Waals surface area contributed by atoms with Gasteiger partial charge in [-0.3, -0.25) is 0 Å². The van der Waals surface area contributed by atoms with Gasteiger partial charge in [-0.05, 0) is 91.0 Å². The van der Waals surface area contributed by atoms with Crippen LogP contribution >= 0.6 is 0 Å². The molecule has 9 aromatic carbocycles. The van der Waals surface area contributed by atoms with E-state index >= 15 is 0 Å². The largest absolute Gasteiger partial charge is 0.456 e. The van der Waals surface area contributed by atoms with Gasteiger partial charge in [-0.2, -0.15) is 0 Å². The van der Waals surface area contributed by atoms with E-state index in [1.807, 2.05) is 66.7 Å². The summed E-state index contributed by atoms with van der Waals surface area (Å²) in [6.07, 6.45) is 0. The maximum Gasteiger partial charge on any atom is 0.187 e. The van der Waals surface area contributed by atoms with Gasteiger partial charge >= 0.3 is 0 Å². The van der Waals surface area contributed by atoms with Gasteiger partial charge in [0.15, 0.2) is 23.2 Å². The monoisotopic (exact) mass is 726 g/mol. The summed E-state index contributed by atoms with van der Waals surface area (Å²) in [5, 5.41) is 9.19. The highest BCUT2D eigenvalue weighted by atomic mass is 16.3. The summed E-state index contributed by atoms with van der Waals surface area (Å²) >= 11 is 0. The van der Waals surface area contributed by atoms with Crippen LogP contribution in [0.2, 0.25) is 0 Å². The summed E-state index contributed by atoms with van der Waals surface area (Å²) in [5.74, 6) is 1.77. The summed E-state index contributed by atoms with van der Waals surface area (Å²) in [6, 6.07) is 62.7. The van der Waals surface area contributed by atoms with E-state index in [1.165, 1.54) is 26.9 Å². The van der Waals surface area contributed by atoms with Gasteiger partial charge in [0.2, 0.25) is 0 Å². The third kappa shape index (κ3) is 5.51. The molecule has 0 aliphatic heterocycles. The summed E-state index contributed by atoms with van der Waals surface area (Å²) in [5.41, 5.74) is 9.38. The maximum atomic E-state index is 7.44. The number of aromatic nitrogens is 3. The van der Waals surface area contributed by atoms with E-state index in [4.69, 9.17) is 25.9 Å². The standard InChI is InChI=1S/C52H30N4O/c1-53-37-25-22-32(23-26-37)44-30-46-41-19-8-6-17-39(41)45(31-47(46)40-18-7-5-16-38(40)44)34-14-11-15-35(28-34)51-54-50(33-12-3-2-4-13-33)55-52(56-51)36-24-27-43-42-20-9-10-21-48(42)57-49(43)29-36/h2-31H. The van der Waals surface area contributed by atoms with Crippen molar-refractivity contribution in [2.75, 3.05) is 0 Å². The van der Waals surface area contributed by atoms with E-state index in [2.05, 4.69) is 120 Å². The van der Waals surface area contributed by atoms with Crippen LogP contribution < -0.4 is 0 Å². The summed E-state index contributed by atoms with van der Waals surface area (Å²) in [4.78, 5) is 18.8. The summed E-state index contributed by atoms with van der Waals surface area (Å²) in [6.45, 7) is 7.44. The molecular weight excluding hydrogens is 697 g/mol. The molecule has 0 saturated heterocycles. The fourth-order valence-electron chi connectivity index (χ4n) is 8.19. The Hall–Kier alpha value is -7.94. The van der Waals surface area contributed by atoms with Crippen molar-refractivity contribution >= 4 is 59.9 Å². The minimum atomic E-state index is 0.578. The van der Waals surface area contributed by atoms with Gasteiger partial charge in [0.1, 0.15) is 11.2 Å². The molecule has 0 atom stereocenters. The van der Waals surface area contributed by atoms with Crippen molar-refractivity contribution in [3.05, 3.63) is 193 Å². The molecule has 0 unspecified atom stereocenters. The summed E-state index contributed by atoms with van der Waals surface area (Å²) in [7, 11) is 0.